The fourth-order valence-electron chi connectivity index (χ4n) is 3.79. The van der Waals surface area contributed by atoms with Gasteiger partial charge >= 0.3 is 0 Å². The molecule has 0 saturated heterocycles. The third-order valence-corrected chi connectivity index (χ3v) is 6.47. The highest BCUT2D eigenvalue weighted by atomic mass is 32.2. The van der Waals surface area contributed by atoms with Crippen molar-refractivity contribution in [3.8, 4) is 5.75 Å². The number of fused-ring (bicyclic) bond motifs is 1. The molecule has 0 aromatic heterocycles. The van der Waals surface area contributed by atoms with E-state index in [-0.39, 0.29) is 11.7 Å². The molecule has 1 aliphatic carbocycles. The van der Waals surface area contributed by atoms with Gasteiger partial charge in [0.1, 0.15) is 11.8 Å². The zero-order valence-corrected chi connectivity index (χ0v) is 17.8. The molecule has 2 aromatic carbocycles. The van der Waals surface area contributed by atoms with Crippen molar-refractivity contribution in [2.24, 2.45) is 0 Å². The third-order valence-electron chi connectivity index (χ3n) is 5.23. The fraction of sp³-hybridized carbons (Fsp3) is 0.381. The van der Waals surface area contributed by atoms with Gasteiger partial charge in [-0.3, -0.25) is 9.10 Å². The number of carbonyl (C=O) groups is 1. The number of methoxy groups -OCH3 is 1. The smallest absolute Gasteiger partial charge is 0.244 e. The van der Waals surface area contributed by atoms with Crippen molar-refractivity contribution in [3.05, 3.63) is 59.2 Å². The molecule has 0 saturated carbocycles. The Labute approximate surface area is 174 Å². The van der Waals surface area contributed by atoms with Gasteiger partial charge in [-0.05, 0) is 61.6 Å². The molecular weight excluding hydrogens is 414 g/mol. The number of halogens is 2. The van der Waals surface area contributed by atoms with E-state index in [1.807, 2.05) is 18.2 Å². The maximum atomic E-state index is 13.7. The van der Waals surface area contributed by atoms with Gasteiger partial charge in [0.15, 0.2) is 11.6 Å². The van der Waals surface area contributed by atoms with E-state index in [4.69, 9.17) is 4.74 Å². The van der Waals surface area contributed by atoms with Crippen molar-refractivity contribution in [3.63, 3.8) is 0 Å². The van der Waals surface area contributed by atoms with Gasteiger partial charge in [0.2, 0.25) is 15.9 Å². The van der Waals surface area contributed by atoms with Crippen molar-refractivity contribution in [1.29, 1.82) is 0 Å². The van der Waals surface area contributed by atoms with Gasteiger partial charge < -0.3 is 10.1 Å². The highest BCUT2D eigenvalue weighted by molar-refractivity contribution is 7.92. The summed E-state index contributed by atoms with van der Waals surface area (Å²) in [5.74, 6) is -2.09. The van der Waals surface area contributed by atoms with Crippen LogP contribution in [0, 0.1) is 11.6 Å². The average Bonchev–Trinajstić information content (AvgIpc) is 2.69. The Morgan fingerprint density at radius 3 is 2.57 bits per heavy atom. The molecule has 1 aliphatic rings. The summed E-state index contributed by atoms with van der Waals surface area (Å²) in [6, 6.07) is 6.94. The number of nitrogens with one attached hydrogen (secondary N) is 1. The second-order valence-electron chi connectivity index (χ2n) is 7.35. The number of aryl methyl sites for hydroxylation is 1. The van der Waals surface area contributed by atoms with Crippen LogP contribution in [0.15, 0.2) is 36.4 Å². The summed E-state index contributed by atoms with van der Waals surface area (Å²) in [5.41, 5.74) is 1.91. The molecule has 6 nitrogen and oxygen atoms in total. The Morgan fingerprint density at radius 1 is 1.20 bits per heavy atom. The van der Waals surface area contributed by atoms with E-state index in [1.165, 1.54) is 6.92 Å². The second kappa shape index (κ2) is 8.59. The van der Waals surface area contributed by atoms with Crippen LogP contribution in [0.3, 0.4) is 0 Å². The van der Waals surface area contributed by atoms with Gasteiger partial charge in [0, 0.05) is 6.07 Å². The van der Waals surface area contributed by atoms with Gasteiger partial charge in [0.05, 0.1) is 25.1 Å². The lowest BCUT2D eigenvalue weighted by molar-refractivity contribution is -0.122. The van der Waals surface area contributed by atoms with Crippen LogP contribution in [0.2, 0.25) is 0 Å². The molecule has 0 radical (unpaired) electrons. The molecule has 0 spiro atoms. The first-order chi connectivity index (χ1) is 14.1. The van der Waals surface area contributed by atoms with Crippen LogP contribution in [0.1, 0.15) is 36.9 Å². The molecule has 30 heavy (non-hydrogen) atoms. The molecule has 3 rings (SSSR count). The van der Waals surface area contributed by atoms with E-state index in [2.05, 4.69) is 5.32 Å². The van der Waals surface area contributed by atoms with Gasteiger partial charge in [-0.1, -0.05) is 6.07 Å². The lowest BCUT2D eigenvalue weighted by Gasteiger charge is -2.32. The molecule has 0 aliphatic heterocycles. The molecule has 2 aromatic rings. The summed E-state index contributed by atoms with van der Waals surface area (Å²) < 4.78 is 57.7. The van der Waals surface area contributed by atoms with E-state index >= 15 is 0 Å². The summed E-state index contributed by atoms with van der Waals surface area (Å²) >= 11 is 0. The highest BCUT2D eigenvalue weighted by Crippen LogP contribution is 2.32. The Morgan fingerprint density at radius 2 is 1.93 bits per heavy atom. The van der Waals surface area contributed by atoms with E-state index < -0.39 is 33.6 Å². The molecule has 1 amide bonds. The van der Waals surface area contributed by atoms with E-state index in [0.29, 0.717) is 6.42 Å². The van der Waals surface area contributed by atoms with Crippen LogP contribution in [0.4, 0.5) is 14.5 Å². The number of carbonyl (C=O) groups excluding carboxylic acids is 1. The SMILES string of the molecule is COc1ccc2c(c1)CCC[C@H]2NC(=O)[C@@H](C)N(c1ccc(F)c(F)c1)S(C)(=O)=O. The predicted octanol–water partition coefficient (Wildman–Crippen LogP) is 3.32. The largest absolute Gasteiger partial charge is 0.497 e. The number of anilines is 1. The number of sulfonamides is 1. The summed E-state index contributed by atoms with van der Waals surface area (Å²) in [7, 11) is -2.35. The topological polar surface area (TPSA) is 75.7 Å². The van der Waals surface area contributed by atoms with Crippen molar-refractivity contribution in [2.45, 2.75) is 38.3 Å². The molecule has 2 atom stereocenters. The van der Waals surface area contributed by atoms with Crippen molar-refractivity contribution < 1.29 is 26.7 Å². The molecular formula is C21H24F2N2O4S. The number of ether oxygens (including phenoxy) is 1. The number of nitrogens with zero attached hydrogens (tertiary/aromatic N) is 1. The maximum absolute atomic E-state index is 13.7. The highest BCUT2D eigenvalue weighted by Gasteiger charge is 2.32. The summed E-state index contributed by atoms with van der Waals surface area (Å²) in [6.07, 6.45) is 3.35. The van der Waals surface area contributed by atoms with Crippen LogP contribution in [0.5, 0.6) is 5.75 Å². The van der Waals surface area contributed by atoms with Crippen LogP contribution in [-0.4, -0.2) is 33.7 Å². The Hall–Kier alpha value is -2.68. The first-order valence-electron chi connectivity index (χ1n) is 9.53. The van der Waals surface area contributed by atoms with Gasteiger partial charge in [0.25, 0.3) is 0 Å². The molecule has 0 bridgehead atoms. The Kier molecular flexibility index (Phi) is 6.30. The van der Waals surface area contributed by atoms with E-state index in [1.54, 1.807) is 7.11 Å². The van der Waals surface area contributed by atoms with Crippen LogP contribution in [-0.2, 0) is 21.2 Å². The maximum Gasteiger partial charge on any atom is 0.244 e. The lowest BCUT2D eigenvalue weighted by Crippen LogP contribution is -2.49. The zero-order chi connectivity index (χ0) is 22.1. The minimum Gasteiger partial charge on any atom is -0.497 e. The standard InChI is InChI=1S/C21H24F2N2O4S/c1-13(25(30(3,27)28)15-7-10-18(22)19(23)12-15)21(26)24-20-6-4-5-14-11-16(29-2)8-9-17(14)20/h7-13,20H,4-6H2,1-3H3,(H,24,26)/t13-,20-/m1/s1. The normalized spacial score (nSPS) is 17.0. The number of amides is 1. The zero-order valence-electron chi connectivity index (χ0n) is 17.0. The second-order valence-corrected chi connectivity index (χ2v) is 9.21. The number of benzene rings is 2. The number of hydrogen-bond donors (Lipinski definition) is 1. The fourth-order valence-corrected chi connectivity index (χ4v) is 4.96. The van der Waals surface area contributed by atoms with Crippen molar-refractivity contribution in [2.75, 3.05) is 17.7 Å². The minimum absolute atomic E-state index is 0.118. The van der Waals surface area contributed by atoms with Crippen molar-refractivity contribution >= 4 is 21.6 Å². The molecule has 162 valence electrons. The Bertz CT molecular complexity index is 1060. The molecule has 0 unspecified atom stereocenters. The molecule has 0 fully saturated rings. The van der Waals surface area contributed by atoms with E-state index in [0.717, 1.165) is 58.5 Å². The van der Waals surface area contributed by atoms with Gasteiger partial charge in [-0.25, -0.2) is 17.2 Å². The van der Waals surface area contributed by atoms with Crippen LogP contribution < -0.4 is 14.4 Å². The summed E-state index contributed by atoms with van der Waals surface area (Å²) in [4.78, 5) is 12.9. The molecule has 0 heterocycles. The van der Waals surface area contributed by atoms with Crippen LogP contribution in [0.25, 0.3) is 0 Å². The average molecular weight is 438 g/mol. The summed E-state index contributed by atoms with van der Waals surface area (Å²) in [6.45, 7) is 1.41. The van der Waals surface area contributed by atoms with Crippen LogP contribution >= 0.6 is 0 Å². The number of hydrogen-bond acceptors (Lipinski definition) is 4. The van der Waals surface area contributed by atoms with E-state index in [9.17, 15) is 22.0 Å². The quantitative estimate of drug-likeness (QED) is 0.751. The third kappa shape index (κ3) is 4.56. The van der Waals surface area contributed by atoms with Gasteiger partial charge in [-0.2, -0.15) is 0 Å². The minimum atomic E-state index is -3.94. The van der Waals surface area contributed by atoms with Gasteiger partial charge in [-0.15, -0.1) is 0 Å². The molecule has 1 N–H and O–H groups in total. The lowest BCUT2D eigenvalue weighted by atomic mass is 9.87. The first kappa shape index (κ1) is 22.0. The van der Waals surface area contributed by atoms with Crippen molar-refractivity contribution in [1.82, 2.24) is 5.32 Å². The Balaban J connectivity index is 1.86. The summed E-state index contributed by atoms with van der Waals surface area (Å²) in [5, 5.41) is 2.91. The first-order valence-corrected chi connectivity index (χ1v) is 11.4. The monoisotopic (exact) mass is 438 g/mol. The predicted molar refractivity (Wildman–Crippen MR) is 110 cm³/mol. The molecule has 9 heteroatoms. The number of rotatable bonds is 6.